The van der Waals surface area contributed by atoms with Gasteiger partial charge in [-0.25, -0.2) is 13.2 Å². The van der Waals surface area contributed by atoms with Gasteiger partial charge < -0.3 is 15.4 Å². The van der Waals surface area contributed by atoms with Gasteiger partial charge in [0.2, 0.25) is 0 Å². The third-order valence-corrected chi connectivity index (χ3v) is 4.82. The molecule has 0 aliphatic carbocycles. The van der Waals surface area contributed by atoms with Crippen LogP contribution in [0, 0.1) is 0 Å². The summed E-state index contributed by atoms with van der Waals surface area (Å²) in [6.07, 6.45) is 1.20. The Kier molecular flexibility index (Phi) is 4.94. The highest BCUT2D eigenvalue weighted by Gasteiger charge is 2.24. The minimum Gasteiger partial charge on any atom is -0.491 e. The molecule has 3 rings (SSSR count). The molecule has 2 N–H and O–H groups in total. The van der Waals surface area contributed by atoms with Gasteiger partial charge in [0.15, 0.2) is 9.84 Å². The molecule has 1 aliphatic heterocycles. The smallest absolute Gasteiger partial charge is 0.315 e. The monoisotopic (exact) mass is 360 g/mol. The minimum atomic E-state index is -3.14. The maximum Gasteiger partial charge on any atom is 0.315 e. The number of hydrogen-bond acceptors (Lipinski definition) is 4. The second-order valence-electron chi connectivity index (χ2n) is 6.07. The number of nitrogens with one attached hydrogen (secondary N) is 2. The SMILES string of the molecule is CS(=O)(=O)Cc1ccccc1CNC(=O)NC1COc2ccccc21. The molecule has 0 saturated heterocycles. The quantitative estimate of drug-likeness (QED) is 0.856. The zero-order valence-corrected chi connectivity index (χ0v) is 14.7. The van der Waals surface area contributed by atoms with Crippen molar-refractivity contribution < 1.29 is 17.9 Å². The summed E-state index contributed by atoms with van der Waals surface area (Å²) in [6.45, 7) is 0.657. The van der Waals surface area contributed by atoms with E-state index in [4.69, 9.17) is 4.74 Å². The Labute approximate surface area is 147 Å². The van der Waals surface area contributed by atoms with Gasteiger partial charge in [-0.2, -0.15) is 0 Å². The Hall–Kier alpha value is -2.54. The zero-order valence-electron chi connectivity index (χ0n) is 13.9. The molecule has 7 heteroatoms. The number of fused-ring (bicyclic) bond motifs is 1. The van der Waals surface area contributed by atoms with Crippen molar-refractivity contribution in [2.75, 3.05) is 12.9 Å². The summed E-state index contributed by atoms with van der Waals surface area (Å²) in [5.74, 6) is 0.738. The number of rotatable bonds is 5. The van der Waals surface area contributed by atoms with E-state index in [-0.39, 0.29) is 24.4 Å². The van der Waals surface area contributed by atoms with Gasteiger partial charge in [-0.05, 0) is 17.2 Å². The Bertz CT molecular complexity index is 880. The third kappa shape index (κ3) is 4.51. The average Bonchev–Trinajstić information content (AvgIpc) is 2.96. The Morgan fingerprint density at radius 1 is 1.12 bits per heavy atom. The molecule has 2 aromatic carbocycles. The first-order valence-electron chi connectivity index (χ1n) is 7.93. The molecule has 0 saturated carbocycles. The summed E-state index contributed by atoms with van der Waals surface area (Å²) in [5, 5.41) is 5.66. The van der Waals surface area contributed by atoms with E-state index in [9.17, 15) is 13.2 Å². The van der Waals surface area contributed by atoms with E-state index >= 15 is 0 Å². The first-order chi connectivity index (χ1) is 11.9. The van der Waals surface area contributed by atoms with E-state index < -0.39 is 9.84 Å². The molecule has 1 aliphatic rings. The van der Waals surface area contributed by atoms with Crippen molar-refractivity contribution in [1.29, 1.82) is 0 Å². The molecule has 0 radical (unpaired) electrons. The molecule has 0 fully saturated rings. The van der Waals surface area contributed by atoms with Crippen molar-refractivity contribution in [3.05, 3.63) is 65.2 Å². The van der Waals surface area contributed by atoms with Crippen LogP contribution < -0.4 is 15.4 Å². The van der Waals surface area contributed by atoms with Crippen molar-refractivity contribution in [3.63, 3.8) is 0 Å². The maximum atomic E-state index is 12.2. The van der Waals surface area contributed by atoms with E-state index in [1.54, 1.807) is 12.1 Å². The number of sulfone groups is 1. The number of amides is 2. The molecule has 0 bridgehead atoms. The molecule has 2 amide bonds. The zero-order chi connectivity index (χ0) is 17.9. The number of carbonyl (C=O) groups is 1. The predicted octanol–water partition coefficient (Wildman–Crippen LogP) is 2.16. The van der Waals surface area contributed by atoms with Crippen LogP contribution in [0.2, 0.25) is 0 Å². The minimum absolute atomic E-state index is 0.0453. The first-order valence-corrected chi connectivity index (χ1v) is 9.99. The van der Waals surface area contributed by atoms with Gasteiger partial charge in [-0.15, -0.1) is 0 Å². The molecule has 1 unspecified atom stereocenters. The fraction of sp³-hybridized carbons (Fsp3) is 0.278. The molecule has 0 aromatic heterocycles. The molecular weight excluding hydrogens is 340 g/mol. The number of urea groups is 1. The van der Waals surface area contributed by atoms with Crippen LogP contribution in [0.4, 0.5) is 4.79 Å². The highest BCUT2D eigenvalue weighted by molar-refractivity contribution is 7.89. The van der Waals surface area contributed by atoms with Crippen LogP contribution in [0.15, 0.2) is 48.5 Å². The molecule has 1 atom stereocenters. The van der Waals surface area contributed by atoms with Crippen LogP contribution >= 0.6 is 0 Å². The van der Waals surface area contributed by atoms with Crippen molar-refractivity contribution in [2.45, 2.75) is 18.3 Å². The molecule has 2 aromatic rings. The predicted molar refractivity (Wildman–Crippen MR) is 95.0 cm³/mol. The highest BCUT2D eigenvalue weighted by atomic mass is 32.2. The number of ether oxygens (including phenoxy) is 1. The lowest BCUT2D eigenvalue weighted by molar-refractivity contribution is 0.231. The standard InChI is InChI=1S/C18H20N2O4S/c1-25(22,23)12-14-7-3-2-6-13(14)10-19-18(21)20-16-11-24-17-9-5-4-8-15(16)17/h2-9,16H,10-12H2,1H3,(H2,19,20,21). The normalized spacial score (nSPS) is 16.0. The molecule has 132 valence electrons. The molecular formula is C18H20N2O4S. The lowest BCUT2D eigenvalue weighted by atomic mass is 10.1. The summed E-state index contributed by atoms with van der Waals surface area (Å²) in [4.78, 5) is 12.2. The lowest BCUT2D eigenvalue weighted by Gasteiger charge is -2.14. The number of hydrogen-bond donors (Lipinski definition) is 2. The summed E-state index contributed by atoms with van der Waals surface area (Å²) in [5.41, 5.74) is 2.43. The van der Waals surface area contributed by atoms with E-state index in [0.29, 0.717) is 12.2 Å². The van der Waals surface area contributed by atoms with Gasteiger partial charge in [-0.1, -0.05) is 42.5 Å². The van der Waals surface area contributed by atoms with Crippen molar-refractivity contribution in [1.82, 2.24) is 10.6 Å². The van der Waals surface area contributed by atoms with Crippen molar-refractivity contribution in [2.24, 2.45) is 0 Å². The highest BCUT2D eigenvalue weighted by Crippen LogP contribution is 2.31. The van der Waals surface area contributed by atoms with Crippen LogP contribution in [-0.2, 0) is 22.1 Å². The van der Waals surface area contributed by atoms with E-state index in [0.717, 1.165) is 16.9 Å². The number of carbonyl (C=O) groups excluding carboxylic acids is 1. The summed E-state index contributed by atoms with van der Waals surface area (Å²) in [6, 6.07) is 14.3. The maximum absolute atomic E-state index is 12.2. The molecule has 6 nitrogen and oxygen atoms in total. The second-order valence-corrected chi connectivity index (χ2v) is 8.21. The first kappa shape index (κ1) is 17.3. The van der Waals surface area contributed by atoms with E-state index in [1.165, 1.54) is 6.26 Å². The average molecular weight is 360 g/mol. The van der Waals surface area contributed by atoms with Crippen LogP contribution in [0.3, 0.4) is 0 Å². The van der Waals surface area contributed by atoms with Crippen LogP contribution in [0.1, 0.15) is 22.7 Å². The van der Waals surface area contributed by atoms with E-state index in [1.807, 2.05) is 36.4 Å². The van der Waals surface area contributed by atoms with Gasteiger partial charge in [0.25, 0.3) is 0 Å². The van der Waals surface area contributed by atoms with Gasteiger partial charge in [0, 0.05) is 18.4 Å². The van der Waals surface area contributed by atoms with Crippen LogP contribution in [0.25, 0.3) is 0 Å². The van der Waals surface area contributed by atoms with Crippen LogP contribution in [-0.4, -0.2) is 27.3 Å². The van der Waals surface area contributed by atoms with Crippen LogP contribution in [0.5, 0.6) is 5.75 Å². The van der Waals surface area contributed by atoms with Crippen molar-refractivity contribution >= 4 is 15.9 Å². The fourth-order valence-corrected chi connectivity index (χ4v) is 3.67. The summed E-state index contributed by atoms with van der Waals surface area (Å²) >= 11 is 0. The van der Waals surface area contributed by atoms with Gasteiger partial charge in [0.1, 0.15) is 12.4 Å². The lowest BCUT2D eigenvalue weighted by Crippen LogP contribution is -2.38. The third-order valence-electron chi connectivity index (χ3n) is 3.98. The Balaban J connectivity index is 1.60. The van der Waals surface area contributed by atoms with Gasteiger partial charge >= 0.3 is 6.03 Å². The topological polar surface area (TPSA) is 84.5 Å². The number of para-hydroxylation sites is 1. The molecule has 0 spiro atoms. The molecule has 25 heavy (non-hydrogen) atoms. The van der Waals surface area contributed by atoms with Gasteiger partial charge in [0.05, 0.1) is 11.8 Å². The largest absolute Gasteiger partial charge is 0.491 e. The fourth-order valence-electron chi connectivity index (χ4n) is 2.82. The van der Waals surface area contributed by atoms with E-state index in [2.05, 4.69) is 10.6 Å². The Morgan fingerprint density at radius 3 is 2.56 bits per heavy atom. The van der Waals surface area contributed by atoms with Crippen molar-refractivity contribution in [3.8, 4) is 5.75 Å². The van der Waals surface area contributed by atoms with Gasteiger partial charge in [-0.3, -0.25) is 0 Å². The summed E-state index contributed by atoms with van der Waals surface area (Å²) in [7, 11) is -3.14. The number of benzene rings is 2. The Morgan fingerprint density at radius 2 is 1.80 bits per heavy atom. The summed E-state index contributed by atoms with van der Waals surface area (Å²) < 4.78 is 28.6. The second kappa shape index (κ2) is 7.14. The molecule has 1 heterocycles.